The quantitative estimate of drug-likeness (QED) is 0.357. The molecule has 2 aromatic rings. The third-order valence-corrected chi connectivity index (χ3v) is 7.03. The zero-order chi connectivity index (χ0) is 23.8. The van der Waals surface area contributed by atoms with E-state index < -0.39 is 14.9 Å². The molecule has 0 saturated carbocycles. The number of piperazine rings is 1. The molecule has 0 spiro atoms. The first-order chi connectivity index (χ1) is 15.8. The molecule has 0 aliphatic carbocycles. The minimum Gasteiger partial charge on any atom is -0.292 e. The molecular weight excluding hydrogens is 446 g/mol. The Bertz CT molecular complexity index is 1150. The van der Waals surface area contributed by atoms with Crippen molar-refractivity contribution in [2.24, 2.45) is 5.10 Å². The van der Waals surface area contributed by atoms with Gasteiger partial charge in [0, 0.05) is 38.5 Å². The summed E-state index contributed by atoms with van der Waals surface area (Å²) < 4.78 is 26.9. The topological polar surface area (TPSA) is 125 Å². The summed E-state index contributed by atoms with van der Waals surface area (Å²) in [6, 6.07) is 13.0. The van der Waals surface area contributed by atoms with E-state index in [1.165, 1.54) is 28.7 Å². The highest BCUT2D eigenvalue weighted by molar-refractivity contribution is 7.89. The second-order valence-electron chi connectivity index (χ2n) is 7.48. The first-order valence-corrected chi connectivity index (χ1v) is 11.7. The van der Waals surface area contributed by atoms with Gasteiger partial charge < -0.3 is 0 Å². The van der Waals surface area contributed by atoms with Gasteiger partial charge in [-0.2, -0.15) is 9.41 Å². The summed E-state index contributed by atoms with van der Waals surface area (Å²) in [5.74, 6) is -0.333. The molecule has 1 N–H and O–H groups in total. The summed E-state index contributed by atoms with van der Waals surface area (Å²) >= 11 is 0. The first-order valence-electron chi connectivity index (χ1n) is 10.3. The molecule has 0 radical (unpaired) electrons. The molecule has 3 rings (SSSR count). The average Bonchev–Trinajstić information content (AvgIpc) is 2.79. The molecule has 1 saturated heterocycles. The number of hydrogen-bond donors (Lipinski definition) is 1. The molecular formula is C22H25N5O5S. The summed E-state index contributed by atoms with van der Waals surface area (Å²) in [5, 5.41) is 14.8. The number of nitro groups is 1. The Labute approximate surface area is 192 Å². The van der Waals surface area contributed by atoms with Gasteiger partial charge in [-0.3, -0.25) is 19.8 Å². The Morgan fingerprint density at radius 2 is 1.79 bits per heavy atom. The van der Waals surface area contributed by atoms with Crippen molar-refractivity contribution in [1.29, 1.82) is 0 Å². The molecule has 1 aliphatic rings. The van der Waals surface area contributed by atoms with Gasteiger partial charge in [0.15, 0.2) is 0 Å². The van der Waals surface area contributed by atoms with Crippen LogP contribution >= 0.6 is 0 Å². The number of para-hydroxylation sites is 1. The van der Waals surface area contributed by atoms with E-state index in [0.29, 0.717) is 31.7 Å². The number of carbonyl (C=O) groups is 1. The number of sulfonamides is 1. The van der Waals surface area contributed by atoms with Gasteiger partial charge in [0.25, 0.3) is 11.6 Å². The lowest BCUT2D eigenvalue weighted by atomic mass is 10.2. The maximum Gasteiger partial charge on any atom is 0.276 e. The molecule has 33 heavy (non-hydrogen) atoms. The highest BCUT2D eigenvalue weighted by Crippen LogP contribution is 2.19. The number of rotatable bonds is 8. The number of hydrazone groups is 1. The molecule has 1 fully saturated rings. The van der Waals surface area contributed by atoms with Crippen LogP contribution in [0.5, 0.6) is 0 Å². The van der Waals surface area contributed by atoms with Gasteiger partial charge in [-0.25, -0.2) is 13.8 Å². The fraction of sp³-hybridized carbons (Fsp3) is 0.273. The van der Waals surface area contributed by atoms with Crippen LogP contribution in [-0.2, 0) is 14.8 Å². The van der Waals surface area contributed by atoms with Crippen LogP contribution in [0, 0.1) is 17.0 Å². The predicted octanol–water partition coefficient (Wildman–Crippen LogP) is 2.02. The van der Waals surface area contributed by atoms with E-state index >= 15 is 0 Å². The standard InChI is InChI=1S/C22H25N5O5S/c1-18-8-10-20(11-9-18)33(31,32)26-15-13-25(14-16-26)17-22(28)24-23-12-4-6-19-5-2-3-7-21(19)27(29)30/h2-12H,13-17H2,1H3,(H,24,28). The first kappa shape index (κ1) is 24.2. The Morgan fingerprint density at radius 1 is 1.12 bits per heavy atom. The lowest BCUT2D eigenvalue weighted by Gasteiger charge is -2.33. The van der Waals surface area contributed by atoms with Crippen LogP contribution in [0.3, 0.4) is 0 Å². The zero-order valence-electron chi connectivity index (χ0n) is 18.1. The molecule has 0 bridgehead atoms. The number of nitrogens with one attached hydrogen (secondary N) is 1. The molecule has 0 unspecified atom stereocenters. The van der Waals surface area contributed by atoms with Crippen LogP contribution in [0.25, 0.3) is 6.08 Å². The largest absolute Gasteiger partial charge is 0.292 e. The van der Waals surface area contributed by atoms with Gasteiger partial charge in [0.2, 0.25) is 10.0 Å². The van der Waals surface area contributed by atoms with Crippen LogP contribution in [0.15, 0.2) is 64.6 Å². The van der Waals surface area contributed by atoms with Gasteiger partial charge in [-0.15, -0.1) is 0 Å². The molecule has 1 aliphatic heterocycles. The maximum atomic E-state index is 12.8. The highest BCUT2D eigenvalue weighted by atomic mass is 32.2. The monoisotopic (exact) mass is 471 g/mol. The third kappa shape index (κ3) is 6.54. The SMILES string of the molecule is Cc1ccc(S(=O)(=O)N2CCN(CC(=O)NN=CC=Cc3ccccc3[N+](=O)[O-])CC2)cc1. The van der Waals surface area contributed by atoms with E-state index in [4.69, 9.17) is 0 Å². The number of carbonyl (C=O) groups excluding carboxylic acids is 1. The Kier molecular flexibility index (Phi) is 8.04. The lowest BCUT2D eigenvalue weighted by Crippen LogP contribution is -2.50. The minimum atomic E-state index is -3.55. The normalized spacial score (nSPS) is 15.8. The minimum absolute atomic E-state index is 0.0188. The third-order valence-electron chi connectivity index (χ3n) is 5.12. The Hall–Kier alpha value is -3.41. The molecule has 1 heterocycles. The summed E-state index contributed by atoms with van der Waals surface area (Å²) in [6.07, 6.45) is 4.36. The lowest BCUT2D eigenvalue weighted by molar-refractivity contribution is -0.385. The molecule has 0 aromatic heterocycles. The van der Waals surface area contributed by atoms with Crippen molar-refractivity contribution in [2.75, 3.05) is 32.7 Å². The molecule has 2 aromatic carbocycles. The van der Waals surface area contributed by atoms with Crippen molar-refractivity contribution in [1.82, 2.24) is 14.6 Å². The number of benzene rings is 2. The van der Waals surface area contributed by atoms with E-state index in [1.54, 1.807) is 42.5 Å². The number of nitro benzene ring substituents is 1. The predicted molar refractivity (Wildman–Crippen MR) is 125 cm³/mol. The Morgan fingerprint density at radius 3 is 2.45 bits per heavy atom. The number of hydrogen-bond acceptors (Lipinski definition) is 7. The zero-order valence-corrected chi connectivity index (χ0v) is 18.9. The van der Waals surface area contributed by atoms with E-state index in [2.05, 4.69) is 10.5 Å². The Balaban J connectivity index is 1.45. The molecule has 174 valence electrons. The second-order valence-corrected chi connectivity index (χ2v) is 9.42. The van der Waals surface area contributed by atoms with E-state index in [9.17, 15) is 23.3 Å². The van der Waals surface area contributed by atoms with Gasteiger partial charge in [-0.1, -0.05) is 29.8 Å². The van der Waals surface area contributed by atoms with Crippen LogP contribution in [0.1, 0.15) is 11.1 Å². The van der Waals surface area contributed by atoms with Crippen LogP contribution in [-0.4, -0.2) is 67.4 Å². The van der Waals surface area contributed by atoms with Crippen molar-refractivity contribution in [3.63, 3.8) is 0 Å². The van der Waals surface area contributed by atoms with Gasteiger partial charge in [0.1, 0.15) is 0 Å². The molecule has 1 amide bonds. The van der Waals surface area contributed by atoms with Crippen molar-refractivity contribution < 1.29 is 18.1 Å². The number of amides is 1. The highest BCUT2D eigenvalue weighted by Gasteiger charge is 2.28. The van der Waals surface area contributed by atoms with Crippen LogP contribution in [0.2, 0.25) is 0 Å². The fourth-order valence-electron chi connectivity index (χ4n) is 3.32. The van der Waals surface area contributed by atoms with Gasteiger partial charge in [-0.05, 0) is 37.3 Å². The smallest absolute Gasteiger partial charge is 0.276 e. The number of nitrogens with zero attached hydrogens (tertiary/aromatic N) is 4. The van der Waals surface area contributed by atoms with E-state index in [0.717, 1.165) is 5.56 Å². The number of aryl methyl sites for hydroxylation is 1. The molecule has 0 atom stereocenters. The van der Waals surface area contributed by atoms with Crippen LogP contribution in [0.4, 0.5) is 5.69 Å². The molecule has 11 heteroatoms. The fourth-order valence-corrected chi connectivity index (χ4v) is 4.74. The summed E-state index contributed by atoms with van der Waals surface area (Å²) in [6.45, 7) is 3.44. The van der Waals surface area contributed by atoms with Crippen molar-refractivity contribution in [3.05, 3.63) is 75.8 Å². The van der Waals surface area contributed by atoms with E-state index in [1.807, 2.05) is 11.8 Å². The van der Waals surface area contributed by atoms with Gasteiger partial charge >= 0.3 is 0 Å². The second kappa shape index (κ2) is 10.9. The van der Waals surface area contributed by atoms with Crippen molar-refractivity contribution in [2.45, 2.75) is 11.8 Å². The molecule has 10 nitrogen and oxygen atoms in total. The van der Waals surface area contributed by atoms with Crippen molar-refractivity contribution >= 4 is 33.9 Å². The van der Waals surface area contributed by atoms with Crippen LogP contribution < -0.4 is 5.43 Å². The summed E-state index contributed by atoms with van der Waals surface area (Å²) in [5.41, 5.74) is 3.80. The van der Waals surface area contributed by atoms with E-state index in [-0.39, 0.29) is 23.0 Å². The summed E-state index contributed by atoms with van der Waals surface area (Å²) in [4.78, 5) is 24.8. The average molecular weight is 472 g/mol. The van der Waals surface area contributed by atoms with Crippen molar-refractivity contribution in [3.8, 4) is 0 Å². The maximum absolute atomic E-state index is 12.8. The summed E-state index contributed by atoms with van der Waals surface area (Å²) in [7, 11) is -3.55. The number of allylic oxidation sites excluding steroid dienone is 1. The van der Waals surface area contributed by atoms with Gasteiger partial charge in [0.05, 0.1) is 21.9 Å².